The third-order valence-corrected chi connectivity index (χ3v) is 6.68. The molecule has 4 nitrogen and oxygen atoms in total. The fraction of sp³-hybridized carbons (Fsp3) is 0.421. The fourth-order valence-corrected chi connectivity index (χ4v) is 5.04. The van der Waals surface area contributed by atoms with Gasteiger partial charge in [-0.25, -0.2) is 8.42 Å². The number of aryl methyl sites for hydroxylation is 1. The summed E-state index contributed by atoms with van der Waals surface area (Å²) < 4.78 is 25.2. The average Bonchev–Trinajstić information content (AvgIpc) is 3.02. The van der Waals surface area contributed by atoms with Crippen LogP contribution in [0.3, 0.4) is 0 Å². The third-order valence-electron chi connectivity index (χ3n) is 4.78. The maximum absolute atomic E-state index is 12.6. The summed E-state index contributed by atoms with van der Waals surface area (Å²) in [7, 11) is -3.28. The summed E-state index contributed by atoms with van der Waals surface area (Å²) in [6, 6.07) is 10.9. The molecule has 1 N–H and O–H groups in total. The van der Waals surface area contributed by atoms with Crippen LogP contribution < -0.4 is 0 Å². The summed E-state index contributed by atoms with van der Waals surface area (Å²) in [4.78, 5) is 4.73. The molecule has 0 unspecified atom stereocenters. The van der Waals surface area contributed by atoms with Gasteiger partial charge in [0, 0.05) is 18.4 Å². The van der Waals surface area contributed by atoms with Crippen LogP contribution in [-0.4, -0.2) is 30.9 Å². The van der Waals surface area contributed by atoms with E-state index in [2.05, 4.69) is 4.98 Å². The lowest BCUT2D eigenvalue weighted by molar-refractivity contribution is 0.227. The largest absolute Gasteiger partial charge is 0.396 e. The molecule has 0 amide bonds. The predicted octanol–water partition coefficient (Wildman–Crippen LogP) is 3.24. The minimum Gasteiger partial charge on any atom is -0.396 e. The van der Waals surface area contributed by atoms with E-state index in [0.717, 1.165) is 36.1 Å². The summed E-state index contributed by atoms with van der Waals surface area (Å²) in [6.07, 6.45) is 4.42. The molecule has 1 aromatic heterocycles. The predicted molar refractivity (Wildman–Crippen MR) is 94.4 cm³/mol. The summed E-state index contributed by atoms with van der Waals surface area (Å²) in [6.45, 7) is 2.14. The van der Waals surface area contributed by atoms with Gasteiger partial charge in [-0.15, -0.1) is 0 Å². The van der Waals surface area contributed by atoms with Crippen LogP contribution >= 0.6 is 0 Å². The van der Waals surface area contributed by atoms with Gasteiger partial charge >= 0.3 is 0 Å². The van der Waals surface area contributed by atoms with E-state index in [-0.39, 0.29) is 24.2 Å². The molecular weight excluding hydrogens is 322 g/mol. The van der Waals surface area contributed by atoms with E-state index >= 15 is 0 Å². The molecule has 0 radical (unpaired) electrons. The Balaban J connectivity index is 1.73. The molecule has 0 bridgehead atoms. The summed E-state index contributed by atoms with van der Waals surface area (Å²) in [5.41, 5.74) is 2.84. The average molecular weight is 345 g/mol. The molecular formula is C19H23NO3S. The van der Waals surface area contributed by atoms with Gasteiger partial charge in [0.15, 0.2) is 9.84 Å². The highest BCUT2D eigenvalue weighted by Gasteiger charge is 2.29. The van der Waals surface area contributed by atoms with Gasteiger partial charge in [-0.05, 0) is 61.8 Å². The molecule has 5 heteroatoms. The maximum atomic E-state index is 12.6. The standard InChI is InChI=1S/C19H23NO3S/c1-14-2-9-19(20-11-14)17-5-7-18(8-6-17)24(22,23)13-16-4-3-15(10-16)12-21/h2,5-9,11,15-16,21H,3-4,10,12-13H2,1H3/t15-,16+/m1/s1. The van der Waals surface area contributed by atoms with Gasteiger partial charge in [0.05, 0.1) is 16.3 Å². The van der Waals surface area contributed by atoms with Crippen LogP contribution in [-0.2, 0) is 9.84 Å². The highest BCUT2D eigenvalue weighted by atomic mass is 32.2. The van der Waals surface area contributed by atoms with Crippen molar-refractivity contribution in [1.82, 2.24) is 4.98 Å². The highest BCUT2D eigenvalue weighted by Crippen LogP contribution is 2.33. The molecule has 1 heterocycles. The second-order valence-electron chi connectivity index (χ2n) is 6.75. The molecule has 1 saturated carbocycles. The van der Waals surface area contributed by atoms with E-state index in [1.807, 2.05) is 31.2 Å². The number of benzene rings is 1. The lowest BCUT2D eigenvalue weighted by Gasteiger charge is -2.11. The quantitative estimate of drug-likeness (QED) is 0.903. The minimum absolute atomic E-state index is 0.158. The van der Waals surface area contributed by atoms with Crippen LogP contribution in [0.5, 0.6) is 0 Å². The lowest BCUT2D eigenvalue weighted by Crippen LogP contribution is -2.15. The molecule has 2 aromatic rings. The van der Waals surface area contributed by atoms with Gasteiger partial charge in [-0.2, -0.15) is 0 Å². The number of hydrogen-bond acceptors (Lipinski definition) is 4. The maximum Gasteiger partial charge on any atom is 0.178 e. The number of pyridine rings is 1. The Hall–Kier alpha value is -1.72. The molecule has 1 aromatic carbocycles. The first-order chi connectivity index (χ1) is 11.5. The normalized spacial score (nSPS) is 21.1. The smallest absolute Gasteiger partial charge is 0.178 e. The number of rotatable bonds is 5. The number of aromatic nitrogens is 1. The fourth-order valence-electron chi connectivity index (χ4n) is 3.37. The van der Waals surface area contributed by atoms with Gasteiger partial charge in [-0.3, -0.25) is 4.98 Å². The monoisotopic (exact) mass is 345 g/mol. The van der Waals surface area contributed by atoms with Crippen LogP contribution in [0.15, 0.2) is 47.5 Å². The topological polar surface area (TPSA) is 67.3 Å². The molecule has 0 aliphatic heterocycles. The van der Waals surface area contributed by atoms with Gasteiger partial charge < -0.3 is 5.11 Å². The van der Waals surface area contributed by atoms with Crippen molar-refractivity contribution in [3.8, 4) is 11.3 Å². The van der Waals surface area contributed by atoms with Crippen LogP contribution in [0.4, 0.5) is 0 Å². The Morgan fingerprint density at radius 3 is 2.38 bits per heavy atom. The van der Waals surface area contributed by atoms with Crippen molar-refractivity contribution in [2.75, 3.05) is 12.4 Å². The first-order valence-electron chi connectivity index (χ1n) is 8.34. The first kappa shape index (κ1) is 17.1. The van der Waals surface area contributed by atoms with Gasteiger partial charge in [0.2, 0.25) is 0 Å². The molecule has 0 spiro atoms. The van der Waals surface area contributed by atoms with Crippen molar-refractivity contribution in [3.63, 3.8) is 0 Å². The molecule has 1 aliphatic carbocycles. The number of nitrogens with zero attached hydrogens (tertiary/aromatic N) is 1. The lowest BCUT2D eigenvalue weighted by atomic mass is 10.1. The van der Waals surface area contributed by atoms with Crippen molar-refractivity contribution < 1.29 is 13.5 Å². The number of aliphatic hydroxyl groups is 1. The molecule has 128 valence electrons. The van der Waals surface area contributed by atoms with Crippen LogP contribution in [0.1, 0.15) is 24.8 Å². The Morgan fingerprint density at radius 1 is 1.08 bits per heavy atom. The second-order valence-corrected chi connectivity index (χ2v) is 8.79. The molecule has 1 fully saturated rings. The Bertz CT molecular complexity index is 782. The highest BCUT2D eigenvalue weighted by molar-refractivity contribution is 7.91. The molecule has 2 atom stereocenters. The van der Waals surface area contributed by atoms with Crippen molar-refractivity contribution in [2.24, 2.45) is 11.8 Å². The van der Waals surface area contributed by atoms with Crippen molar-refractivity contribution in [3.05, 3.63) is 48.2 Å². The number of hydrogen-bond donors (Lipinski definition) is 1. The minimum atomic E-state index is -3.28. The summed E-state index contributed by atoms with van der Waals surface area (Å²) >= 11 is 0. The molecule has 0 saturated heterocycles. The SMILES string of the molecule is Cc1ccc(-c2ccc(S(=O)(=O)C[C@H]3CC[C@@H](CO)C3)cc2)nc1. The van der Waals surface area contributed by atoms with E-state index in [1.165, 1.54) is 0 Å². The van der Waals surface area contributed by atoms with Crippen molar-refractivity contribution in [2.45, 2.75) is 31.1 Å². The van der Waals surface area contributed by atoms with E-state index in [1.54, 1.807) is 18.3 Å². The zero-order valence-corrected chi connectivity index (χ0v) is 14.7. The zero-order valence-electron chi connectivity index (χ0n) is 13.9. The summed E-state index contributed by atoms with van der Waals surface area (Å²) in [5.74, 6) is 0.594. The second kappa shape index (κ2) is 7.03. The number of aliphatic hydroxyl groups excluding tert-OH is 1. The molecule has 3 rings (SSSR count). The number of sulfone groups is 1. The van der Waals surface area contributed by atoms with Crippen LogP contribution in [0.25, 0.3) is 11.3 Å². The van der Waals surface area contributed by atoms with E-state index in [9.17, 15) is 13.5 Å². The van der Waals surface area contributed by atoms with Gasteiger partial charge in [-0.1, -0.05) is 18.2 Å². The Kier molecular flexibility index (Phi) is 5.01. The van der Waals surface area contributed by atoms with Crippen LogP contribution in [0, 0.1) is 18.8 Å². The van der Waals surface area contributed by atoms with E-state index in [0.29, 0.717) is 4.90 Å². The first-order valence-corrected chi connectivity index (χ1v) is 10.00. The zero-order chi connectivity index (χ0) is 17.2. The molecule has 1 aliphatic rings. The van der Waals surface area contributed by atoms with Crippen molar-refractivity contribution >= 4 is 9.84 Å². The Labute approximate surface area is 143 Å². The van der Waals surface area contributed by atoms with E-state index < -0.39 is 9.84 Å². The Morgan fingerprint density at radius 2 is 1.79 bits per heavy atom. The van der Waals surface area contributed by atoms with Gasteiger partial charge in [0.25, 0.3) is 0 Å². The third kappa shape index (κ3) is 3.84. The van der Waals surface area contributed by atoms with Gasteiger partial charge in [0.1, 0.15) is 0 Å². The van der Waals surface area contributed by atoms with Crippen LogP contribution in [0.2, 0.25) is 0 Å². The van der Waals surface area contributed by atoms with E-state index in [4.69, 9.17) is 0 Å². The van der Waals surface area contributed by atoms with Crippen molar-refractivity contribution in [1.29, 1.82) is 0 Å². The summed E-state index contributed by atoms with van der Waals surface area (Å²) in [5, 5.41) is 9.20. The molecule has 24 heavy (non-hydrogen) atoms.